The molecule has 2 rings (SSSR count). The molecule has 1 aromatic rings. The number of alkyl halides is 3. The molecular weight excluding hydrogens is 331 g/mol. The molecule has 114 valence electrons. The van der Waals surface area contributed by atoms with E-state index in [0.29, 0.717) is 0 Å². The molecule has 1 saturated heterocycles. The largest absolute Gasteiger partial charge is 0.441 e. The number of hydrogen-bond donors (Lipinski definition) is 0. The smallest absolute Gasteiger partial charge is 0.416 e. The number of carbonyl (C=O) groups excluding carboxylic acids is 2. The number of esters is 1. The minimum absolute atomic E-state index is 0.0143. The van der Waals surface area contributed by atoms with Crippen molar-refractivity contribution in [3.63, 3.8) is 0 Å². The minimum atomic E-state index is -4.54. The highest BCUT2D eigenvalue weighted by atomic mass is 35.5. The van der Waals surface area contributed by atoms with Crippen LogP contribution in [-0.2, 0) is 20.5 Å². The van der Waals surface area contributed by atoms with Crippen LogP contribution in [0, 0.1) is 0 Å². The first-order chi connectivity index (χ1) is 9.70. The summed E-state index contributed by atoms with van der Waals surface area (Å²) in [6, 6.07) is 2.72. The van der Waals surface area contributed by atoms with E-state index in [2.05, 4.69) is 0 Å². The number of benzene rings is 1. The molecule has 0 saturated carbocycles. The minimum Gasteiger partial charge on any atom is -0.441 e. The van der Waals surface area contributed by atoms with Gasteiger partial charge in [-0.05, 0) is 18.2 Å². The van der Waals surface area contributed by atoms with E-state index in [0.717, 1.165) is 41.8 Å². The number of thioether (sulfide) groups is 1. The number of rotatable bonds is 2. The lowest BCUT2D eigenvalue weighted by atomic mass is 10.2. The molecule has 1 aromatic carbocycles. The van der Waals surface area contributed by atoms with Crippen molar-refractivity contribution >= 4 is 40.9 Å². The van der Waals surface area contributed by atoms with Crippen LogP contribution in [0.2, 0.25) is 5.02 Å². The Morgan fingerprint density at radius 1 is 1.48 bits per heavy atom. The second-order valence-electron chi connectivity index (χ2n) is 4.17. The van der Waals surface area contributed by atoms with Gasteiger partial charge in [0.1, 0.15) is 0 Å². The van der Waals surface area contributed by atoms with Crippen LogP contribution in [0.3, 0.4) is 0 Å². The third-order valence-electron chi connectivity index (χ3n) is 2.66. The first-order valence-corrected chi connectivity index (χ1v) is 7.10. The number of carbonyl (C=O) groups is 2. The Bertz CT molecular complexity index is 594. The van der Waals surface area contributed by atoms with Gasteiger partial charge in [-0.2, -0.15) is 13.2 Å². The standard InChI is InChI=1S/C12H9ClF3NO3S/c1-6(18)20-11-10(19)17(5-21-11)9-4-7(12(14,15)16)2-3-8(9)13/h2-4,11H,5H2,1H3. The number of ether oxygens (including phenoxy) is 1. The molecule has 4 nitrogen and oxygen atoms in total. The summed E-state index contributed by atoms with van der Waals surface area (Å²) >= 11 is 6.86. The molecule has 1 amide bonds. The fourth-order valence-electron chi connectivity index (χ4n) is 1.72. The van der Waals surface area contributed by atoms with Crippen LogP contribution in [0.25, 0.3) is 0 Å². The van der Waals surface area contributed by atoms with Crippen molar-refractivity contribution in [1.82, 2.24) is 0 Å². The highest BCUT2D eigenvalue weighted by Crippen LogP contribution is 2.38. The number of anilines is 1. The summed E-state index contributed by atoms with van der Waals surface area (Å²) in [6.45, 7) is 1.15. The highest BCUT2D eigenvalue weighted by molar-refractivity contribution is 8.01. The zero-order chi connectivity index (χ0) is 15.8. The summed E-state index contributed by atoms with van der Waals surface area (Å²) in [5.74, 6) is -1.20. The first-order valence-electron chi connectivity index (χ1n) is 5.67. The number of hydrogen-bond acceptors (Lipinski definition) is 4. The van der Waals surface area contributed by atoms with Gasteiger partial charge in [-0.25, -0.2) is 0 Å². The van der Waals surface area contributed by atoms with Crippen LogP contribution in [-0.4, -0.2) is 23.2 Å². The van der Waals surface area contributed by atoms with Crippen LogP contribution < -0.4 is 4.90 Å². The van der Waals surface area contributed by atoms with E-state index in [9.17, 15) is 22.8 Å². The molecule has 0 aromatic heterocycles. The zero-order valence-electron chi connectivity index (χ0n) is 10.6. The molecule has 1 aliphatic rings. The van der Waals surface area contributed by atoms with Gasteiger partial charge in [-0.15, -0.1) is 0 Å². The number of nitrogens with zero attached hydrogens (tertiary/aromatic N) is 1. The van der Waals surface area contributed by atoms with Gasteiger partial charge < -0.3 is 4.74 Å². The summed E-state index contributed by atoms with van der Waals surface area (Å²) in [6.07, 6.45) is -4.54. The van der Waals surface area contributed by atoms with Crippen LogP contribution in [0.5, 0.6) is 0 Å². The maximum Gasteiger partial charge on any atom is 0.416 e. The van der Waals surface area contributed by atoms with E-state index in [1.165, 1.54) is 0 Å². The monoisotopic (exact) mass is 339 g/mol. The van der Waals surface area contributed by atoms with Crippen LogP contribution in [0.15, 0.2) is 18.2 Å². The number of halogens is 4. The topological polar surface area (TPSA) is 46.6 Å². The second kappa shape index (κ2) is 5.76. The Balaban J connectivity index is 2.30. The molecule has 1 aliphatic heterocycles. The molecule has 21 heavy (non-hydrogen) atoms. The van der Waals surface area contributed by atoms with Crippen LogP contribution >= 0.6 is 23.4 Å². The molecule has 1 unspecified atom stereocenters. The third-order valence-corrected chi connectivity index (χ3v) is 3.99. The van der Waals surface area contributed by atoms with E-state index in [4.69, 9.17) is 16.3 Å². The van der Waals surface area contributed by atoms with Crippen molar-refractivity contribution in [2.45, 2.75) is 18.5 Å². The molecule has 1 fully saturated rings. The number of amides is 1. The van der Waals surface area contributed by atoms with E-state index >= 15 is 0 Å². The normalized spacial score (nSPS) is 19.0. The van der Waals surface area contributed by atoms with Gasteiger partial charge >= 0.3 is 12.1 Å². The van der Waals surface area contributed by atoms with E-state index < -0.39 is 29.1 Å². The zero-order valence-corrected chi connectivity index (χ0v) is 12.2. The Hall–Kier alpha value is -1.41. The first kappa shape index (κ1) is 16.0. The predicted octanol–water partition coefficient (Wildman–Crippen LogP) is 3.29. The van der Waals surface area contributed by atoms with Crippen molar-refractivity contribution in [3.8, 4) is 0 Å². The summed E-state index contributed by atoms with van der Waals surface area (Å²) in [7, 11) is 0. The Labute approximate surface area is 127 Å². The summed E-state index contributed by atoms with van der Waals surface area (Å²) in [5.41, 5.74) is -2.03. The lowest BCUT2D eigenvalue weighted by Crippen LogP contribution is -2.31. The van der Waals surface area contributed by atoms with Crippen LogP contribution in [0.1, 0.15) is 12.5 Å². The van der Waals surface area contributed by atoms with E-state index in [-0.39, 0.29) is 16.6 Å². The van der Waals surface area contributed by atoms with Gasteiger partial charge in [0.2, 0.25) is 5.44 Å². The molecule has 0 aliphatic carbocycles. The molecule has 9 heteroatoms. The van der Waals surface area contributed by atoms with Crippen molar-refractivity contribution < 1.29 is 27.5 Å². The van der Waals surface area contributed by atoms with Crippen molar-refractivity contribution in [3.05, 3.63) is 28.8 Å². The predicted molar refractivity (Wildman–Crippen MR) is 72.0 cm³/mol. The molecular formula is C12H9ClF3NO3S. The maximum atomic E-state index is 12.7. The third kappa shape index (κ3) is 3.44. The fourth-order valence-corrected chi connectivity index (χ4v) is 2.97. The molecule has 0 spiro atoms. The fraction of sp³-hybridized carbons (Fsp3) is 0.333. The Morgan fingerprint density at radius 2 is 2.14 bits per heavy atom. The van der Waals surface area contributed by atoms with Gasteiger partial charge in [-0.3, -0.25) is 14.5 Å². The lowest BCUT2D eigenvalue weighted by Gasteiger charge is -2.18. The van der Waals surface area contributed by atoms with Crippen molar-refractivity contribution in [1.29, 1.82) is 0 Å². The van der Waals surface area contributed by atoms with Crippen molar-refractivity contribution in [2.24, 2.45) is 0 Å². The molecule has 1 heterocycles. The lowest BCUT2D eigenvalue weighted by molar-refractivity contribution is -0.147. The van der Waals surface area contributed by atoms with E-state index in [1.807, 2.05) is 0 Å². The molecule has 0 bridgehead atoms. The quantitative estimate of drug-likeness (QED) is 0.776. The summed E-state index contributed by atoms with van der Waals surface area (Å²) < 4.78 is 42.9. The summed E-state index contributed by atoms with van der Waals surface area (Å²) in [5, 5.41) is 0.0143. The Morgan fingerprint density at radius 3 is 2.71 bits per heavy atom. The van der Waals surface area contributed by atoms with Crippen LogP contribution in [0.4, 0.5) is 18.9 Å². The second-order valence-corrected chi connectivity index (χ2v) is 5.59. The molecule has 0 radical (unpaired) electrons. The average molecular weight is 340 g/mol. The molecule has 1 atom stereocenters. The van der Waals surface area contributed by atoms with Crippen molar-refractivity contribution in [2.75, 3.05) is 10.8 Å². The van der Waals surface area contributed by atoms with Gasteiger partial charge in [0.05, 0.1) is 22.2 Å². The SMILES string of the molecule is CC(=O)OC1SCN(c2cc(C(F)(F)F)ccc2Cl)C1=O. The molecule has 0 N–H and O–H groups in total. The maximum absolute atomic E-state index is 12.7. The van der Waals surface area contributed by atoms with Gasteiger partial charge in [0.15, 0.2) is 0 Å². The van der Waals surface area contributed by atoms with Gasteiger partial charge in [0, 0.05) is 6.92 Å². The highest BCUT2D eigenvalue weighted by Gasteiger charge is 2.38. The van der Waals surface area contributed by atoms with E-state index in [1.54, 1.807) is 0 Å². The van der Waals surface area contributed by atoms with Gasteiger partial charge in [0.25, 0.3) is 5.91 Å². The van der Waals surface area contributed by atoms with Gasteiger partial charge in [-0.1, -0.05) is 23.4 Å². The average Bonchev–Trinajstić information content (AvgIpc) is 2.70. The summed E-state index contributed by atoms with van der Waals surface area (Å²) in [4.78, 5) is 24.0. The Kier molecular flexibility index (Phi) is 4.38.